The van der Waals surface area contributed by atoms with Crippen LogP contribution in [0.25, 0.3) is 0 Å². The molecule has 0 aliphatic carbocycles. The fraction of sp³-hybridized carbons (Fsp3) is 0.857. The molecule has 0 rings (SSSR count). The van der Waals surface area contributed by atoms with Gasteiger partial charge in [-0.25, -0.2) is 0 Å². The van der Waals surface area contributed by atoms with E-state index in [9.17, 15) is 9.59 Å². The number of nitrogens with one attached hydrogen (secondary N) is 1. The molecule has 0 aromatic heterocycles. The van der Waals surface area contributed by atoms with Gasteiger partial charge in [0.25, 0.3) is 0 Å². The molecule has 0 spiro atoms. The standard InChI is InChI=1S/C14H29N3O2/c1-10(2)6-12(8-15)7-14(19)17(5)9-13(18)16-11(3)4/h10-12H,6-9,15H2,1-5H3,(H,16,18)/t12-/m0/s1. The fourth-order valence-electron chi connectivity index (χ4n) is 2.00. The Labute approximate surface area is 116 Å². The van der Waals surface area contributed by atoms with Crippen molar-refractivity contribution in [2.24, 2.45) is 17.6 Å². The highest BCUT2D eigenvalue weighted by Crippen LogP contribution is 2.15. The number of hydrogen-bond donors (Lipinski definition) is 2. The minimum Gasteiger partial charge on any atom is -0.352 e. The molecular formula is C14H29N3O2. The Morgan fingerprint density at radius 2 is 1.79 bits per heavy atom. The summed E-state index contributed by atoms with van der Waals surface area (Å²) in [5.74, 6) is 0.577. The molecule has 5 nitrogen and oxygen atoms in total. The average molecular weight is 271 g/mol. The van der Waals surface area contributed by atoms with Gasteiger partial charge in [0.2, 0.25) is 11.8 Å². The number of rotatable bonds is 8. The number of amides is 2. The summed E-state index contributed by atoms with van der Waals surface area (Å²) in [6, 6.07) is 0.0914. The zero-order valence-corrected chi connectivity index (χ0v) is 12.9. The summed E-state index contributed by atoms with van der Waals surface area (Å²) in [7, 11) is 1.66. The lowest BCUT2D eigenvalue weighted by atomic mass is 9.94. The van der Waals surface area contributed by atoms with Crippen LogP contribution in [0.2, 0.25) is 0 Å². The SMILES string of the molecule is CC(C)C[C@H](CN)CC(=O)N(C)CC(=O)NC(C)C. The molecule has 1 atom stereocenters. The molecule has 0 fully saturated rings. The smallest absolute Gasteiger partial charge is 0.239 e. The molecule has 0 saturated carbocycles. The zero-order valence-electron chi connectivity index (χ0n) is 12.9. The van der Waals surface area contributed by atoms with E-state index in [4.69, 9.17) is 5.73 Å². The van der Waals surface area contributed by atoms with Gasteiger partial charge in [0.15, 0.2) is 0 Å². The largest absolute Gasteiger partial charge is 0.352 e. The minimum atomic E-state index is -0.126. The Morgan fingerprint density at radius 1 is 1.21 bits per heavy atom. The number of nitrogens with zero attached hydrogens (tertiary/aromatic N) is 1. The highest BCUT2D eigenvalue weighted by atomic mass is 16.2. The van der Waals surface area contributed by atoms with E-state index in [-0.39, 0.29) is 30.3 Å². The first-order valence-electron chi connectivity index (χ1n) is 6.99. The van der Waals surface area contributed by atoms with Crippen molar-refractivity contribution in [3.63, 3.8) is 0 Å². The van der Waals surface area contributed by atoms with Gasteiger partial charge in [-0.2, -0.15) is 0 Å². The maximum atomic E-state index is 12.0. The minimum absolute atomic E-state index is 0.0185. The Morgan fingerprint density at radius 3 is 2.21 bits per heavy atom. The van der Waals surface area contributed by atoms with Crippen molar-refractivity contribution in [3.8, 4) is 0 Å². The molecule has 0 aromatic rings. The van der Waals surface area contributed by atoms with Crippen molar-refractivity contribution in [2.75, 3.05) is 20.1 Å². The van der Waals surface area contributed by atoms with Crippen LogP contribution < -0.4 is 11.1 Å². The number of likely N-dealkylation sites (N-methyl/N-ethyl adjacent to an activating group) is 1. The van der Waals surface area contributed by atoms with Crippen LogP contribution in [0.3, 0.4) is 0 Å². The molecule has 112 valence electrons. The highest BCUT2D eigenvalue weighted by Gasteiger charge is 2.18. The lowest BCUT2D eigenvalue weighted by Crippen LogP contribution is -2.41. The van der Waals surface area contributed by atoms with E-state index in [1.54, 1.807) is 7.05 Å². The van der Waals surface area contributed by atoms with Crippen LogP contribution in [0.15, 0.2) is 0 Å². The predicted octanol–water partition coefficient (Wildman–Crippen LogP) is 0.981. The first-order chi connectivity index (χ1) is 8.76. The van der Waals surface area contributed by atoms with Crippen LogP contribution in [-0.4, -0.2) is 42.9 Å². The third-order valence-corrected chi connectivity index (χ3v) is 2.86. The number of hydrogen-bond acceptors (Lipinski definition) is 3. The van der Waals surface area contributed by atoms with E-state index in [1.807, 2.05) is 13.8 Å². The van der Waals surface area contributed by atoms with E-state index in [0.717, 1.165) is 6.42 Å². The highest BCUT2D eigenvalue weighted by molar-refractivity contribution is 5.84. The van der Waals surface area contributed by atoms with Crippen LogP contribution in [-0.2, 0) is 9.59 Å². The summed E-state index contributed by atoms with van der Waals surface area (Å²) in [5.41, 5.74) is 5.69. The van der Waals surface area contributed by atoms with E-state index >= 15 is 0 Å². The van der Waals surface area contributed by atoms with Crippen LogP contribution in [0.5, 0.6) is 0 Å². The van der Waals surface area contributed by atoms with Gasteiger partial charge in [0, 0.05) is 19.5 Å². The normalized spacial score (nSPS) is 12.6. The monoisotopic (exact) mass is 271 g/mol. The van der Waals surface area contributed by atoms with E-state index in [0.29, 0.717) is 18.9 Å². The lowest BCUT2D eigenvalue weighted by Gasteiger charge is -2.22. The van der Waals surface area contributed by atoms with Gasteiger partial charge in [-0.05, 0) is 38.6 Å². The molecule has 0 radical (unpaired) electrons. The number of carbonyl (C=O) groups is 2. The van der Waals surface area contributed by atoms with Crippen molar-refractivity contribution < 1.29 is 9.59 Å². The first-order valence-corrected chi connectivity index (χ1v) is 6.99. The quantitative estimate of drug-likeness (QED) is 0.691. The van der Waals surface area contributed by atoms with Crippen LogP contribution in [0.1, 0.15) is 40.5 Å². The van der Waals surface area contributed by atoms with Gasteiger partial charge in [-0.3, -0.25) is 9.59 Å². The second-order valence-corrected chi connectivity index (χ2v) is 5.91. The predicted molar refractivity (Wildman–Crippen MR) is 77.5 cm³/mol. The molecule has 3 N–H and O–H groups in total. The van der Waals surface area contributed by atoms with Crippen molar-refractivity contribution in [1.29, 1.82) is 0 Å². The van der Waals surface area contributed by atoms with Gasteiger partial charge in [-0.1, -0.05) is 13.8 Å². The summed E-state index contributed by atoms with van der Waals surface area (Å²) in [6.07, 6.45) is 1.36. The Hall–Kier alpha value is -1.10. The molecule has 0 saturated heterocycles. The van der Waals surface area contributed by atoms with Gasteiger partial charge in [-0.15, -0.1) is 0 Å². The topological polar surface area (TPSA) is 75.4 Å². The summed E-state index contributed by atoms with van der Waals surface area (Å²) in [6.45, 7) is 8.64. The third kappa shape index (κ3) is 8.59. The van der Waals surface area contributed by atoms with Gasteiger partial charge < -0.3 is 16.0 Å². The van der Waals surface area contributed by atoms with E-state index in [1.165, 1.54) is 4.90 Å². The Bertz CT molecular complexity index is 290. The maximum Gasteiger partial charge on any atom is 0.239 e. The van der Waals surface area contributed by atoms with Crippen LogP contribution >= 0.6 is 0 Å². The summed E-state index contributed by atoms with van der Waals surface area (Å²) in [4.78, 5) is 25.1. The number of nitrogens with two attached hydrogens (primary N) is 1. The molecular weight excluding hydrogens is 242 g/mol. The van der Waals surface area contributed by atoms with Crippen molar-refractivity contribution in [3.05, 3.63) is 0 Å². The molecule has 0 aliphatic heterocycles. The summed E-state index contributed by atoms with van der Waals surface area (Å²) >= 11 is 0. The molecule has 0 heterocycles. The van der Waals surface area contributed by atoms with Crippen LogP contribution in [0, 0.1) is 11.8 Å². The van der Waals surface area contributed by atoms with Gasteiger partial charge in [0.1, 0.15) is 0 Å². The summed E-state index contributed by atoms with van der Waals surface area (Å²) in [5, 5.41) is 2.77. The molecule has 2 amide bonds. The Kier molecular flexibility index (Phi) is 8.39. The first kappa shape index (κ1) is 17.9. The zero-order chi connectivity index (χ0) is 15.0. The van der Waals surface area contributed by atoms with E-state index in [2.05, 4.69) is 19.2 Å². The molecule has 19 heavy (non-hydrogen) atoms. The molecule has 0 aromatic carbocycles. The lowest BCUT2D eigenvalue weighted by molar-refractivity contribution is -0.135. The van der Waals surface area contributed by atoms with Crippen molar-refractivity contribution >= 4 is 11.8 Å². The Balaban J connectivity index is 4.21. The molecule has 0 aliphatic rings. The second-order valence-electron chi connectivity index (χ2n) is 5.91. The molecule has 0 bridgehead atoms. The summed E-state index contributed by atoms with van der Waals surface area (Å²) < 4.78 is 0. The van der Waals surface area contributed by atoms with Crippen molar-refractivity contribution in [2.45, 2.75) is 46.6 Å². The van der Waals surface area contributed by atoms with Gasteiger partial charge in [0.05, 0.1) is 6.54 Å². The molecule has 5 heteroatoms. The fourth-order valence-corrected chi connectivity index (χ4v) is 2.00. The molecule has 0 unspecified atom stereocenters. The number of carbonyl (C=O) groups excluding carboxylic acids is 2. The maximum absolute atomic E-state index is 12.0. The van der Waals surface area contributed by atoms with Crippen LogP contribution in [0.4, 0.5) is 0 Å². The average Bonchev–Trinajstić information content (AvgIpc) is 2.25. The van der Waals surface area contributed by atoms with Gasteiger partial charge >= 0.3 is 0 Å². The van der Waals surface area contributed by atoms with E-state index < -0.39 is 0 Å². The third-order valence-electron chi connectivity index (χ3n) is 2.86. The second kappa shape index (κ2) is 8.91. The van der Waals surface area contributed by atoms with Crippen molar-refractivity contribution in [1.82, 2.24) is 10.2 Å².